The van der Waals surface area contributed by atoms with E-state index < -0.39 is 0 Å². The molecule has 1 aliphatic heterocycles. The molecule has 144 valence electrons. The third-order valence-corrected chi connectivity index (χ3v) is 4.67. The van der Waals surface area contributed by atoms with Gasteiger partial charge in [0.05, 0.1) is 12.9 Å². The molecule has 0 atom stereocenters. The highest BCUT2D eigenvalue weighted by Gasteiger charge is 2.25. The molecule has 27 heavy (non-hydrogen) atoms. The van der Waals surface area contributed by atoms with E-state index in [9.17, 15) is 4.79 Å². The molecule has 0 saturated carbocycles. The van der Waals surface area contributed by atoms with E-state index in [-0.39, 0.29) is 5.91 Å². The molecule has 1 saturated heterocycles. The summed E-state index contributed by atoms with van der Waals surface area (Å²) in [6.07, 6.45) is 1.52. The molecule has 1 aliphatic rings. The molecule has 1 N–H and O–H groups in total. The van der Waals surface area contributed by atoms with Crippen molar-refractivity contribution in [1.29, 1.82) is 0 Å². The number of carbonyl (C=O) groups excluding carboxylic acids is 1. The molecule has 0 spiro atoms. The number of methoxy groups -OCH3 is 1. The maximum absolute atomic E-state index is 12.4. The normalized spacial score (nSPS) is 15.1. The third-order valence-electron chi connectivity index (χ3n) is 4.67. The van der Waals surface area contributed by atoms with Crippen molar-refractivity contribution in [3.63, 3.8) is 0 Å². The van der Waals surface area contributed by atoms with Gasteiger partial charge in [-0.3, -0.25) is 9.79 Å². The summed E-state index contributed by atoms with van der Waals surface area (Å²) < 4.78 is 10.5. The number of guanidine groups is 1. The van der Waals surface area contributed by atoms with Crippen LogP contribution >= 0.6 is 0 Å². The average Bonchev–Trinajstić information content (AvgIpc) is 3.24. The fraction of sp³-hybridized carbons (Fsp3) is 0.400. The lowest BCUT2D eigenvalue weighted by Gasteiger charge is -2.36. The van der Waals surface area contributed by atoms with Crippen molar-refractivity contribution < 1.29 is 13.9 Å². The quantitative estimate of drug-likeness (QED) is 0.644. The van der Waals surface area contributed by atoms with E-state index in [2.05, 4.69) is 27.3 Å². The highest BCUT2D eigenvalue weighted by Crippen LogP contribution is 2.12. The maximum Gasteiger partial charge on any atom is 0.289 e. The monoisotopic (exact) mass is 370 g/mol. The van der Waals surface area contributed by atoms with Gasteiger partial charge in [-0.2, -0.15) is 0 Å². The zero-order valence-electron chi connectivity index (χ0n) is 15.9. The largest absolute Gasteiger partial charge is 0.459 e. The standard InChI is InChI=1S/C20H26N4O3/c1-21-20(22-14-16-6-3-4-7-17(16)15-26-2)24-11-9-23(10-12-24)19(25)18-8-5-13-27-18/h3-8,13H,9-12,14-15H2,1-2H3,(H,21,22). The van der Waals surface area contributed by atoms with Crippen molar-refractivity contribution in [3.8, 4) is 0 Å². The minimum atomic E-state index is -0.0592. The number of nitrogens with one attached hydrogen (secondary N) is 1. The van der Waals surface area contributed by atoms with Crippen LogP contribution in [0, 0.1) is 0 Å². The summed E-state index contributed by atoms with van der Waals surface area (Å²) in [6, 6.07) is 11.6. The average molecular weight is 370 g/mol. The summed E-state index contributed by atoms with van der Waals surface area (Å²) in [6.45, 7) is 4.00. The van der Waals surface area contributed by atoms with Crippen molar-refractivity contribution in [2.24, 2.45) is 4.99 Å². The number of rotatable bonds is 5. The molecule has 1 aromatic heterocycles. The summed E-state index contributed by atoms with van der Waals surface area (Å²) in [5.74, 6) is 1.17. The topological polar surface area (TPSA) is 70.3 Å². The molecule has 0 aliphatic carbocycles. The Morgan fingerprint density at radius 2 is 1.81 bits per heavy atom. The number of aliphatic imine (C=N–C) groups is 1. The van der Waals surface area contributed by atoms with Gasteiger partial charge in [0.25, 0.3) is 5.91 Å². The Morgan fingerprint density at radius 3 is 2.44 bits per heavy atom. The zero-order chi connectivity index (χ0) is 19.1. The van der Waals surface area contributed by atoms with Crippen LogP contribution in [0.4, 0.5) is 0 Å². The van der Waals surface area contributed by atoms with Gasteiger partial charge in [-0.15, -0.1) is 0 Å². The predicted molar refractivity (Wildman–Crippen MR) is 104 cm³/mol. The Balaban J connectivity index is 1.54. The summed E-state index contributed by atoms with van der Waals surface area (Å²) in [5, 5.41) is 3.42. The van der Waals surface area contributed by atoms with Gasteiger partial charge in [0.2, 0.25) is 0 Å². The number of furan rings is 1. The first-order valence-electron chi connectivity index (χ1n) is 9.07. The van der Waals surface area contributed by atoms with Crippen LogP contribution in [-0.4, -0.2) is 62.0 Å². The van der Waals surface area contributed by atoms with Crippen LogP contribution in [-0.2, 0) is 17.9 Å². The molecular weight excluding hydrogens is 344 g/mol. The second-order valence-corrected chi connectivity index (χ2v) is 6.36. The minimum absolute atomic E-state index is 0.0592. The van der Waals surface area contributed by atoms with Crippen LogP contribution in [0.5, 0.6) is 0 Å². The van der Waals surface area contributed by atoms with Gasteiger partial charge >= 0.3 is 0 Å². The van der Waals surface area contributed by atoms with E-state index in [1.165, 1.54) is 11.8 Å². The van der Waals surface area contributed by atoms with E-state index >= 15 is 0 Å². The number of hydrogen-bond donors (Lipinski definition) is 1. The Labute approximate surface area is 159 Å². The van der Waals surface area contributed by atoms with Gasteiger partial charge in [0.15, 0.2) is 11.7 Å². The van der Waals surface area contributed by atoms with E-state index in [0.29, 0.717) is 32.0 Å². The molecule has 0 radical (unpaired) electrons. The Morgan fingerprint density at radius 1 is 1.11 bits per heavy atom. The lowest BCUT2D eigenvalue weighted by atomic mass is 10.1. The number of hydrogen-bond acceptors (Lipinski definition) is 4. The fourth-order valence-electron chi connectivity index (χ4n) is 3.21. The van der Waals surface area contributed by atoms with E-state index in [0.717, 1.165) is 24.6 Å². The number of nitrogens with zero attached hydrogens (tertiary/aromatic N) is 3. The summed E-state index contributed by atoms with van der Waals surface area (Å²) in [7, 11) is 3.48. The summed E-state index contributed by atoms with van der Waals surface area (Å²) in [5.41, 5.74) is 2.35. The third kappa shape index (κ3) is 4.68. The number of ether oxygens (including phenoxy) is 1. The van der Waals surface area contributed by atoms with Gasteiger partial charge in [-0.25, -0.2) is 0 Å². The lowest BCUT2D eigenvalue weighted by molar-refractivity contribution is 0.0657. The maximum atomic E-state index is 12.4. The van der Waals surface area contributed by atoms with Gasteiger partial charge < -0.3 is 24.3 Å². The Bertz CT molecular complexity index is 765. The summed E-state index contributed by atoms with van der Waals surface area (Å²) >= 11 is 0. The predicted octanol–water partition coefficient (Wildman–Crippen LogP) is 1.96. The van der Waals surface area contributed by atoms with Crippen LogP contribution in [0.25, 0.3) is 0 Å². The SMILES string of the molecule is CN=C(NCc1ccccc1COC)N1CCN(C(=O)c2ccco2)CC1. The highest BCUT2D eigenvalue weighted by atomic mass is 16.5. The molecule has 2 aromatic rings. The Kier molecular flexibility index (Phi) is 6.49. The second-order valence-electron chi connectivity index (χ2n) is 6.36. The highest BCUT2D eigenvalue weighted by molar-refractivity contribution is 5.91. The number of benzene rings is 1. The van der Waals surface area contributed by atoms with Crippen LogP contribution in [0.1, 0.15) is 21.7 Å². The first-order valence-corrected chi connectivity index (χ1v) is 9.07. The molecule has 2 heterocycles. The molecule has 1 aromatic carbocycles. The molecule has 0 bridgehead atoms. The molecule has 1 amide bonds. The molecular formula is C20H26N4O3. The smallest absolute Gasteiger partial charge is 0.289 e. The van der Waals surface area contributed by atoms with E-state index in [1.54, 1.807) is 26.3 Å². The van der Waals surface area contributed by atoms with Gasteiger partial charge in [0.1, 0.15) is 0 Å². The first-order chi connectivity index (χ1) is 13.2. The van der Waals surface area contributed by atoms with Gasteiger partial charge in [-0.1, -0.05) is 24.3 Å². The van der Waals surface area contributed by atoms with Gasteiger partial charge in [0, 0.05) is 46.9 Å². The fourth-order valence-corrected chi connectivity index (χ4v) is 3.21. The van der Waals surface area contributed by atoms with Gasteiger partial charge in [-0.05, 0) is 23.3 Å². The first kappa shape index (κ1) is 19.0. The number of carbonyl (C=O) groups is 1. The minimum Gasteiger partial charge on any atom is -0.459 e. The van der Waals surface area contributed by atoms with E-state index in [4.69, 9.17) is 9.15 Å². The molecule has 3 rings (SSSR count). The lowest BCUT2D eigenvalue weighted by Crippen LogP contribution is -2.53. The number of piperazine rings is 1. The van der Waals surface area contributed by atoms with Crippen molar-refractivity contribution >= 4 is 11.9 Å². The van der Waals surface area contributed by atoms with Crippen molar-refractivity contribution in [3.05, 3.63) is 59.5 Å². The van der Waals surface area contributed by atoms with Crippen LogP contribution < -0.4 is 5.32 Å². The van der Waals surface area contributed by atoms with Crippen molar-refractivity contribution in [2.45, 2.75) is 13.2 Å². The van der Waals surface area contributed by atoms with Crippen LogP contribution in [0.2, 0.25) is 0 Å². The zero-order valence-corrected chi connectivity index (χ0v) is 15.9. The van der Waals surface area contributed by atoms with Crippen LogP contribution in [0.15, 0.2) is 52.1 Å². The summed E-state index contributed by atoms with van der Waals surface area (Å²) in [4.78, 5) is 20.8. The Hall–Kier alpha value is -2.80. The number of amides is 1. The van der Waals surface area contributed by atoms with E-state index in [1.807, 2.05) is 17.0 Å². The molecule has 1 fully saturated rings. The molecule has 0 unspecified atom stereocenters. The second kappa shape index (κ2) is 9.23. The molecule has 7 heteroatoms. The van der Waals surface area contributed by atoms with Crippen LogP contribution in [0.3, 0.4) is 0 Å². The van der Waals surface area contributed by atoms with Crippen molar-refractivity contribution in [1.82, 2.24) is 15.1 Å². The molecule has 7 nitrogen and oxygen atoms in total. The van der Waals surface area contributed by atoms with Crippen molar-refractivity contribution in [2.75, 3.05) is 40.3 Å².